The zero-order valence-electron chi connectivity index (χ0n) is 8.46. The van der Waals surface area contributed by atoms with Gasteiger partial charge in [0.2, 0.25) is 0 Å². The molecule has 2 nitrogen and oxygen atoms in total. The molecule has 0 saturated carbocycles. The van der Waals surface area contributed by atoms with Crippen molar-refractivity contribution in [3.63, 3.8) is 0 Å². The summed E-state index contributed by atoms with van der Waals surface area (Å²) < 4.78 is 0. The second kappa shape index (κ2) is 6.34. The average molecular weight is 326 g/mol. The Kier molecular flexibility index (Phi) is 8.10. The van der Waals surface area contributed by atoms with Crippen molar-refractivity contribution in [1.82, 2.24) is 0 Å². The van der Waals surface area contributed by atoms with Crippen LogP contribution < -0.4 is 0 Å². The van der Waals surface area contributed by atoms with Crippen LogP contribution in [0.4, 0.5) is 0 Å². The first-order valence-corrected chi connectivity index (χ1v) is 4.15. The minimum Gasteiger partial charge on any atom is -0.384 e. The molecule has 0 aliphatic rings. The van der Waals surface area contributed by atoms with Crippen molar-refractivity contribution in [1.29, 1.82) is 0 Å². The Morgan fingerprint density at radius 2 is 1.92 bits per heavy atom. The predicted molar refractivity (Wildman–Crippen MR) is 49.1 cm³/mol. The molecule has 0 aliphatic heterocycles. The van der Waals surface area contributed by atoms with Gasteiger partial charge in [0.1, 0.15) is 5.60 Å². The minimum atomic E-state index is -0.700. The van der Waals surface area contributed by atoms with Crippen LogP contribution in [-0.2, 0) is 0 Å². The molecule has 0 saturated heterocycles. The zero-order chi connectivity index (χ0) is 9.07. The predicted octanol–water partition coefficient (Wildman–Crippen LogP) is 1.87. The van der Waals surface area contributed by atoms with Gasteiger partial charge in [-0.1, -0.05) is 20.8 Å². The van der Waals surface area contributed by atoms with E-state index in [4.69, 9.17) is 0 Å². The third-order valence-electron chi connectivity index (χ3n) is 2.46. The van der Waals surface area contributed by atoms with Gasteiger partial charge in [-0.2, -0.15) is 0 Å². The number of aliphatic imine (C=N–C) groups is 1. The molecule has 1 unspecified atom stereocenters. The van der Waals surface area contributed by atoms with Gasteiger partial charge >= 0.3 is 0 Å². The van der Waals surface area contributed by atoms with Crippen molar-refractivity contribution in [2.24, 2.45) is 10.9 Å². The Morgan fingerprint density at radius 1 is 1.50 bits per heavy atom. The molecule has 1 atom stereocenters. The molecule has 0 bridgehead atoms. The topological polar surface area (TPSA) is 32.6 Å². The molecule has 79 valence electrons. The van der Waals surface area contributed by atoms with Gasteiger partial charge in [-0.25, -0.2) is 0 Å². The van der Waals surface area contributed by atoms with Gasteiger partial charge in [0.05, 0.1) is 0 Å². The molecule has 0 aromatic rings. The molecule has 0 aromatic heterocycles. The maximum absolute atomic E-state index is 10.0. The van der Waals surface area contributed by atoms with Gasteiger partial charge in [-0.3, -0.25) is 4.99 Å². The van der Waals surface area contributed by atoms with Crippen LogP contribution >= 0.6 is 0 Å². The van der Waals surface area contributed by atoms with E-state index in [0.717, 1.165) is 12.1 Å². The van der Waals surface area contributed by atoms with Crippen LogP contribution in [0, 0.1) is 42.8 Å². The summed E-state index contributed by atoms with van der Waals surface area (Å²) in [6, 6.07) is 0. The van der Waals surface area contributed by atoms with Crippen molar-refractivity contribution in [3.8, 4) is 0 Å². The number of hydrogen-bond donors (Lipinski definition) is 1. The summed E-state index contributed by atoms with van der Waals surface area (Å²) >= 11 is 0. The summed E-state index contributed by atoms with van der Waals surface area (Å²) in [5.74, 6) is 0.233. The first kappa shape index (κ1) is 15.3. The van der Waals surface area contributed by atoms with Gasteiger partial charge in [0, 0.05) is 49.6 Å². The fraction of sp³-hybridized carbons (Fsp3) is 0.889. The average Bonchev–Trinajstić information content (AvgIpc) is 2.01. The Morgan fingerprint density at radius 3 is 2.00 bits per heavy atom. The second-order valence-corrected chi connectivity index (χ2v) is 3.24. The SMILES string of the molecule is CCC(O)(C(C)=NC)C(C)C.[Tm]. The standard InChI is InChI=1S/C9H19NO.Tm/c1-6-9(11,7(2)3)8(4)10-5;/h7,11H,6H2,1-5H3;. The molecule has 0 spiro atoms. The van der Waals surface area contributed by atoms with Gasteiger partial charge in [-0.05, 0) is 19.3 Å². The maximum Gasteiger partial charge on any atom is 0.104 e. The van der Waals surface area contributed by atoms with Crippen molar-refractivity contribution in [2.75, 3.05) is 7.05 Å². The van der Waals surface area contributed by atoms with E-state index in [1.165, 1.54) is 0 Å². The van der Waals surface area contributed by atoms with Crippen molar-refractivity contribution >= 4 is 5.71 Å². The smallest absolute Gasteiger partial charge is 0.104 e. The Labute approximate surface area is 105 Å². The Balaban J connectivity index is 0. The van der Waals surface area contributed by atoms with E-state index in [9.17, 15) is 5.11 Å². The van der Waals surface area contributed by atoms with Crippen LogP contribution in [0.2, 0.25) is 0 Å². The van der Waals surface area contributed by atoms with E-state index < -0.39 is 5.60 Å². The van der Waals surface area contributed by atoms with Crippen LogP contribution in [0.3, 0.4) is 0 Å². The largest absolute Gasteiger partial charge is 0.384 e. The quantitative estimate of drug-likeness (QED) is 0.789. The van der Waals surface area contributed by atoms with Gasteiger partial charge in [-0.15, -0.1) is 0 Å². The van der Waals surface area contributed by atoms with Gasteiger partial charge in [0.15, 0.2) is 0 Å². The molecule has 0 fully saturated rings. The number of hydrogen-bond acceptors (Lipinski definition) is 2. The summed E-state index contributed by atoms with van der Waals surface area (Å²) in [6.07, 6.45) is 0.730. The summed E-state index contributed by atoms with van der Waals surface area (Å²) in [7, 11) is 1.72. The van der Waals surface area contributed by atoms with Crippen molar-refractivity contribution < 1.29 is 42.0 Å². The van der Waals surface area contributed by atoms with E-state index in [1.807, 2.05) is 27.7 Å². The van der Waals surface area contributed by atoms with E-state index >= 15 is 0 Å². The van der Waals surface area contributed by atoms with Gasteiger partial charge < -0.3 is 5.11 Å². The molecule has 0 rings (SSSR count). The molecule has 0 aliphatic carbocycles. The monoisotopic (exact) mass is 326 g/mol. The molecule has 3 heteroatoms. The zero-order valence-corrected chi connectivity index (χ0v) is 10.2. The Bertz CT molecular complexity index is 157. The van der Waals surface area contributed by atoms with Crippen LogP contribution in [-0.4, -0.2) is 23.5 Å². The molecule has 1 N–H and O–H groups in total. The van der Waals surface area contributed by atoms with Crippen LogP contribution in [0.5, 0.6) is 0 Å². The third-order valence-corrected chi connectivity index (χ3v) is 2.46. The summed E-state index contributed by atoms with van der Waals surface area (Å²) in [6.45, 7) is 7.88. The first-order chi connectivity index (χ1) is 4.99. The van der Waals surface area contributed by atoms with Crippen LogP contribution in [0.1, 0.15) is 34.1 Å². The molecule has 12 heavy (non-hydrogen) atoms. The normalized spacial score (nSPS) is 17.1. The van der Waals surface area contributed by atoms with Crippen molar-refractivity contribution in [3.05, 3.63) is 0 Å². The van der Waals surface area contributed by atoms with Crippen molar-refractivity contribution in [2.45, 2.75) is 39.7 Å². The summed E-state index contributed by atoms with van der Waals surface area (Å²) in [5.41, 5.74) is 0.129. The first-order valence-electron chi connectivity index (χ1n) is 4.15. The Hall–Kier alpha value is 0.864. The van der Waals surface area contributed by atoms with E-state index in [0.29, 0.717) is 0 Å². The number of rotatable bonds is 3. The molecular weight excluding hydrogens is 307 g/mol. The molecule has 0 heterocycles. The van der Waals surface area contributed by atoms with Gasteiger partial charge in [0.25, 0.3) is 0 Å². The fourth-order valence-electron chi connectivity index (χ4n) is 1.28. The maximum atomic E-state index is 10.0. The van der Waals surface area contributed by atoms with Crippen LogP contribution in [0.15, 0.2) is 4.99 Å². The van der Waals surface area contributed by atoms with Crippen LogP contribution in [0.25, 0.3) is 0 Å². The molecule has 0 amide bonds. The number of nitrogens with zero attached hydrogens (tertiary/aromatic N) is 1. The molecular formula is C9H19NOTm. The van der Waals surface area contributed by atoms with E-state index in [-0.39, 0.29) is 42.8 Å². The second-order valence-electron chi connectivity index (χ2n) is 3.24. The summed E-state index contributed by atoms with van der Waals surface area (Å²) in [5, 5.41) is 10.0. The molecule has 0 aromatic carbocycles. The fourth-order valence-corrected chi connectivity index (χ4v) is 1.28. The molecule has 1 radical (unpaired) electrons. The van der Waals surface area contributed by atoms with E-state index in [2.05, 4.69) is 4.99 Å². The summed E-state index contributed by atoms with van der Waals surface area (Å²) in [4.78, 5) is 4.02. The third kappa shape index (κ3) is 3.31. The van der Waals surface area contributed by atoms with E-state index in [1.54, 1.807) is 7.05 Å². The number of aliphatic hydroxyl groups is 1. The minimum absolute atomic E-state index is 0.